The van der Waals surface area contributed by atoms with Crippen LogP contribution in [0.5, 0.6) is 11.5 Å². The van der Waals surface area contributed by atoms with E-state index >= 15 is 0 Å². The summed E-state index contributed by atoms with van der Waals surface area (Å²) in [4.78, 5) is 14.0. The van der Waals surface area contributed by atoms with E-state index in [0.29, 0.717) is 30.2 Å². The van der Waals surface area contributed by atoms with Crippen LogP contribution in [-0.4, -0.2) is 42.4 Å². The van der Waals surface area contributed by atoms with Gasteiger partial charge in [0.15, 0.2) is 11.5 Å². The minimum Gasteiger partial charge on any atom is -0.504 e. The fraction of sp³-hybridized carbons (Fsp3) is 0.308. The molecule has 0 aromatic heterocycles. The van der Waals surface area contributed by atoms with E-state index in [-0.39, 0.29) is 17.7 Å². The molecule has 0 spiro atoms. The van der Waals surface area contributed by atoms with Crippen molar-refractivity contribution in [3.63, 3.8) is 0 Å². The number of carbonyl (C=O) groups excluding carboxylic acids is 1. The maximum atomic E-state index is 12.4. The third-order valence-electron chi connectivity index (χ3n) is 3.26. The van der Waals surface area contributed by atoms with Gasteiger partial charge in [0.05, 0.1) is 25.3 Å². The fourth-order valence-corrected chi connectivity index (χ4v) is 2.27. The Hall–Kier alpha value is -2.01. The van der Waals surface area contributed by atoms with Gasteiger partial charge in [0.2, 0.25) is 0 Å². The number of phenolic OH excluding ortho intramolecular Hbond substituents is 1. The number of carbonyl (C=O) groups is 1. The lowest BCUT2D eigenvalue weighted by Crippen LogP contribution is -2.34. The number of hydrogen-bond acceptors (Lipinski definition) is 4. The molecule has 2 aliphatic heterocycles. The minimum atomic E-state index is -0.101. The zero-order valence-corrected chi connectivity index (χ0v) is 9.92. The molecule has 0 aliphatic carbocycles. The zero-order valence-electron chi connectivity index (χ0n) is 9.92. The molecule has 1 aromatic rings. The first kappa shape index (κ1) is 11.1. The lowest BCUT2D eigenvalue weighted by atomic mass is 10.1. The topological polar surface area (TPSA) is 59.0 Å². The Balaban J connectivity index is 2.12. The van der Waals surface area contributed by atoms with E-state index in [2.05, 4.69) is 0 Å². The Morgan fingerprint density at radius 2 is 2.33 bits per heavy atom. The normalized spacial score (nSPS) is 21.5. The SMILES string of the molecule is COc1cc2c(cc1O)C=C[C@@H]1COCN1C2=O. The van der Waals surface area contributed by atoms with Gasteiger partial charge in [0.1, 0.15) is 6.73 Å². The maximum Gasteiger partial charge on any atom is 0.257 e. The second kappa shape index (κ2) is 4.03. The molecule has 1 fully saturated rings. The van der Waals surface area contributed by atoms with Gasteiger partial charge in [-0.05, 0) is 17.7 Å². The second-order valence-electron chi connectivity index (χ2n) is 4.31. The first-order valence-electron chi connectivity index (χ1n) is 5.68. The van der Waals surface area contributed by atoms with Crippen LogP contribution >= 0.6 is 0 Å². The van der Waals surface area contributed by atoms with Gasteiger partial charge in [-0.3, -0.25) is 4.79 Å². The molecule has 0 saturated carbocycles. The van der Waals surface area contributed by atoms with Crippen LogP contribution in [0, 0.1) is 0 Å². The highest BCUT2D eigenvalue weighted by Gasteiger charge is 2.32. The summed E-state index contributed by atoms with van der Waals surface area (Å²) in [5.74, 6) is 0.233. The van der Waals surface area contributed by atoms with Crippen molar-refractivity contribution in [2.24, 2.45) is 0 Å². The molecule has 1 amide bonds. The molecule has 2 aliphatic rings. The van der Waals surface area contributed by atoms with Gasteiger partial charge in [-0.15, -0.1) is 0 Å². The average Bonchev–Trinajstić information content (AvgIpc) is 2.79. The summed E-state index contributed by atoms with van der Waals surface area (Å²) in [6.07, 6.45) is 3.76. The molecule has 3 rings (SSSR count). The Bertz CT molecular complexity index is 538. The summed E-state index contributed by atoms with van der Waals surface area (Å²) in [7, 11) is 1.46. The summed E-state index contributed by atoms with van der Waals surface area (Å²) in [5, 5.41) is 9.74. The fourth-order valence-electron chi connectivity index (χ4n) is 2.27. The molecule has 1 atom stereocenters. The number of rotatable bonds is 1. The molecule has 2 heterocycles. The van der Waals surface area contributed by atoms with E-state index in [1.54, 1.807) is 17.0 Å². The summed E-state index contributed by atoms with van der Waals surface area (Å²) < 4.78 is 10.3. The van der Waals surface area contributed by atoms with Crippen molar-refractivity contribution in [2.45, 2.75) is 6.04 Å². The van der Waals surface area contributed by atoms with Crippen LogP contribution in [-0.2, 0) is 4.74 Å². The van der Waals surface area contributed by atoms with Crippen LogP contribution in [0.2, 0.25) is 0 Å². The van der Waals surface area contributed by atoms with Crippen LogP contribution in [0.4, 0.5) is 0 Å². The van der Waals surface area contributed by atoms with Crippen molar-refractivity contribution in [1.82, 2.24) is 4.90 Å². The van der Waals surface area contributed by atoms with Crippen molar-refractivity contribution in [3.05, 3.63) is 29.3 Å². The van der Waals surface area contributed by atoms with Crippen molar-refractivity contribution in [1.29, 1.82) is 0 Å². The van der Waals surface area contributed by atoms with Gasteiger partial charge in [0.25, 0.3) is 5.91 Å². The number of ether oxygens (including phenoxy) is 2. The van der Waals surface area contributed by atoms with Crippen molar-refractivity contribution < 1.29 is 19.4 Å². The molecule has 0 bridgehead atoms. The van der Waals surface area contributed by atoms with Crippen LogP contribution in [0.1, 0.15) is 15.9 Å². The molecule has 18 heavy (non-hydrogen) atoms. The molecular formula is C13H13NO4. The second-order valence-corrected chi connectivity index (χ2v) is 4.31. The van der Waals surface area contributed by atoms with E-state index in [1.165, 1.54) is 7.11 Å². The first-order valence-corrected chi connectivity index (χ1v) is 5.68. The average molecular weight is 247 g/mol. The first-order chi connectivity index (χ1) is 8.70. The van der Waals surface area contributed by atoms with E-state index in [9.17, 15) is 9.90 Å². The summed E-state index contributed by atoms with van der Waals surface area (Å²) in [6, 6.07) is 3.09. The Morgan fingerprint density at radius 3 is 3.11 bits per heavy atom. The third kappa shape index (κ3) is 1.55. The molecular weight excluding hydrogens is 234 g/mol. The quantitative estimate of drug-likeness (QED) is 0.810. The van der Waals surface area contributed by atoms with Crippen LogP contribution < -0.4 is 4.74 Å². The number of fused-ring (bicyclic) bond motifs is 2. The zero-order chi connectivity index (χ0) is 12.7. The Kier molecular flexibility index (Phi) is 2.48. The van der Waals surface area contributed by atoms with Crippen LogP contribution in [0.25, 0.3) is 6.08 Å². The van der Waals surface area contributed by atoms with Gasteiger partial charge in [-0.2, -0.15) is 0 Å². The highest BCUT2D eigenvalue weighted by atomic mass is 16.5. The standard InChI is InChI=1S/C13H13NO4/c1-17-12-5-10-8(4-11(12)15)2-3-9-6-18-7-14(9)13(10)16/h2-5,9,15H,6-7H2,1H3/t9-/m1/s1. The summed E-state index contributed by atoms with van der Waals surface area (Å²) >= 11 is 0. The Labute approximate surface area is 104 Å². The molecule has 0 unspecified atom stereocenters. The predicted molar refractivity (Wildman–Crippen MR) is 64.5 cm³/mol. The van der Waals surface area contributed by atoms with E-state index in [1.807, 2.05) is 12.2 Å². The smallest absolute Gasteiger partial charge is 0.257 e. The van der Waals surface area contributed by atoms with Crippen molar-refractivity contribution in [2.75, 3.05) is 20.4 Å². The minimum absolute atomic E-state index is 0.0296. The molecule has 5 heteroatoms. The number of amides is 1. The van der Waals surface area contributed by atoms with Gasteiger partial charge in [-0.25, -0.2) is 0 Å². The Morgan fingerprint density at radius 1 is 1.50 bits per heavy atom. The molecule has 94 valence electrons. The molecule has 1 N–H and O–H groups in total. The van der Waals surface area contributed by atoms with E-state index < -0.39 is 0 Å². The lowest BCUT2D eigenvalue weighted by Gasteiger charge is -2.18. The highest BCUT2D eigenvalue weighted by Crippen LogP contribution is 2.33. The van der Waals surface area contributed by atoms with Gasteiger partial charge < -0.3 is 19.5 Å². The van der Waals surface area contributed by atoms with Crippen LogP contribution in [0.3, 0.4) is 0 Å². The number of hydrogen-bond donors (Lipinski definition) is 1. The molecule has 1 aromatic carbocycles. The number of methoxy groups -OCH3 is 1. The number of phenols is 1. The van der Waals surface area contributed by atoms with Gasteiger partial charge in [-0.1, -0.05) is 12.2 Å². The van der Waals surface area contributed by atoms with E-state index in [0.717, 1.165) is 0 Å². The molecule has 1 saturated heterocycles. The largest absolute Gasteiger partial charge is 0.504 e. The summed E-state index contributed by atoms with van der Waals surface area (Å²) in [5.41, 5.74) is 1.22. The maximum absolute atomic E-state index is 12.4. The third-order valence-corrected chi connectivity index (χ3v) is 3.26. The number of aromatic hydroxyl groups is 1. The number of benzene rings is 1. The highest BCUT2D eigenvalue weighted by molar-refractivity contribution is 6.00. The van der Waals surface area contributed by atoms with Gasteiger partial charge >= 0.3 is 0 Å². The number of nitrogens with zero attached hydrogens (tertiary/aromatic N) is 1. The predicted octanol–water partition coefficient (Wildman–Crippen LogP) is 1.23. The summed E-state index contributed by atoms with van der Waals surface area (Å²) in [6.45, 7) is 0.815. The van der Waals surface area contributed by atoms with Crippen molar-refractivity contribution in [3.8, 4) is 11.5 Å². The van der Waals surface area contributed by atoms with Gasteiger partial charge in [0, 0.05) is 0 Å². The molecule has 0 radical (unpaired) electrons. The van der Waals surface area contributed by atoms with Crippen LogP contribution in [0.15, 0.2) is 18.2 Å². The molecule has 5 nitrogen and oxygen atoms in total. The van der Waals surface area contributed by atoms with E-state index in [4.69, 9.17) is 9.47 Å². The monoisotopic (exact) mass is 247 g/mol. The lowest BCUT2D eigenvalue weighted by molar-refractivity contribution is 0.0676. The van der Waals surface area contributed by atoms with Crippen molar-refractivity contribution >= 4 is 12.0 Å².